The van der Waals surface area contributed by atoms with Crippen molar-refractivity contribution in [2.75, 3.05) is 14.1 Å². The van der Waals surface area contributed by atoms with Crippen LogP contribution in [0.1, 0.15) is 67.6 Å². The molecule has 2 atom stereocenters. The third-order valence-electron chi connectivity index (χ3n) is 7.22. The number of nitrogens with one attached hydrogen (secondary N) is 2. The van der Waals surface area contributed by atoms with E-state index >= 15 is 0 Å². The van der Waals surface area contributed by atoms with Crippen LogP contribution in [0.25, 0.3) is 0 Å². The Morgan fingerprint density at radius 1 is 0.889 bits per heavy atom. The van der Waals surface area contributed by atoms with Crippen molar-refractivity contribution in [3.63, 3.8) is 0 Å². The highest BCUT2D eigenvalue weighted by Gasteiger charge is 2.43. The summed E-state index contributed by atoms with van der Waals surface area (Å²) in [6.45, 7) is 0. The second kappa shape index (κ2) is 7.37. The molecule has 2 aliphatic rings. The van der Waals surface area contributed by atoms with Gasteiger partial charge in [0.15, 0.2) is 0 Å². The molecule has 0 amide bonds. The van der Waals surface area contributed by atoms with Crippen LogP contribution < -0.4 is 10.6 Å². The molecule has 0 aliphatic heterocycles. The van der Waals surface area contributed by atoms with E-state index in [1.54, 1.807) is 6.07 Å². The molecule has 2 unspecified atom stereocenters. The molecule has 2 aromatic carbocycles. The summed E-state index contributed by atoms with van der Waals surface area (Å²) in [6.07, 6.45) is 7.96. The molecule has 144 valence electrons. The second-order valence-electron chi connectivity index (χ2n) is 8.41. The lowest BCUT2D eigenvalue weighted by atomic mass is 9.79. The Morgan fingerprint density at radius 3 is 2.26 bits per heavy atom. The van der Waals surface area contributed by atoms with Gasteiger partial charge in [0.05, 0.1) is 0 Å². The maximum Gasteiger partial charge on any atom is 0.123 e. The largest absolute Gasteiger partial charge is 0.310 e. The van der Waals surface area contributed by atoms with Crippen LogP contribution in [-0.2, 0) is 11.1 Å². The van der Waals surface area contributed by atoms with E-state index in [2.05, 4.69) is 55.1 Å². The van der Waals surface area contributed by atoms with Gasteiger partial charge in [-0.15, -0.1) is 0 Å². The van der Waals surface area contributed by atoms with Crippen molar-refractivity contribution in [3.8, 4) is 0 Å². The quantitative estimate of drug-likeness (QED) is 0.760. The van der Waals surface area contributed by atoms with Crippen LogP contribution in [-0.4, -0.2) is 14.1 Å². The summed E-state index contributed by atoms with van der Waals surface area (Å²) in [5.41, 5.74) is 3.89. The van der Waals surface area contributed by atoms with Crippen molar-refractivity contribution in [3.05, 3.63) is 71.0 Å². The van der Waals surface area contributed by atoms with E-state index in [1.807, 2.05) is 12.1 Å². The lowest BCUT2D eigenvalue weighted by Gasteiger charge is -2.34. The minimum Gasteiger partial charge on any atom is -0.310 e. The molecule has 2 saturated carbocycles. The van der Waals surface area contributed by atoms with Gasteiger partial charge in [0.1, 0.15) is 5.82 Å². The topological polar surface area (TPSA) is 24.1 Å². The van der Waals surface area contributed by atoms with Gasteiger partial charge in [-0.25, -0.2) is 4.39 Å². The van der Waals surface area contributed by atoms with E-state index in [1.165, 1.54) is 29.5 Å². The number of halogens is 1. The van der Waals surface area contributed by atoms with Crippen molar-refractivity contribution in [1.82, 2.24) is 10.6 Å². The van der Waals surface area contributed by atoms with Gasteiger partial charge in [0.2, 0.25) is 0 Å². The number of hydrogen-bond donors (Lipinski definition) is 2. The van der Waals surface area contributed by atoms with Crippen LogP contribution >= 0.6 is 0 Å². The fraction of sp³-hybridized carbons (Fsp3) is 0.500. The van der Waals surface area contributed by atoms with Crippen LogP contribution in [0.15, 0.2) is 48.5 Å². The van der Waals surface area contributed by atoms with Crippen LogP contribution in [0.4, 0.5) is 4.39 Å². The Bertz CT molecular complexity index is 782. The van der Waals surface area contributed by atoms with E-state index in [4.69, 9.17) is 0 Å². The number of hydrogen-bond acceptors (Lipinski definition) is 2. The van der Waals surface area contributed by atoms with Crippen molar-refractivity contribution in [2.45, 2.75) is 61.9 Å². The van der Waals surface area contributed by atoms with Crippen molar-refractivity contribution < 1.29 is 4.39 Å². The van der Waals surface area contributed by atoms with Gasteiger partial charge in [-0.3, -0.25) is 0 Å². The highest BCUT2D eigenvalue weighted by molar-refractivity contribution is 5.40. The maximum atomic E-state index is 14.3. The first kappa shape index (κ1) is 18.6. The molecule has 0 radical (unpaired) electrons. The van der Waals surface area contributed by atoms with E-state index in [0.717, 1.165) is 32.1 Å². The zero-order chi connectivity index (χ0) is 18.9. The molecule has 3 heteroatoms. The first-order chi connectivity index (χ1) is 13.1. The van der Waals surface area contributed by atoms with E-state index in [0.29, 0.717) is 5.92 Å². The maximum absolute atomic E-state index is 14.3. The third kappa shape index (κ3) is 3.21. The van der Waals surface area contributed by atoms with Gasteiger partial charge < -0.3 is 10.6 Å². The SMILES string of the molecule is CNC1(c2ccccc2)CCC(c2cc(F)ccc2C2(NC)CCCC2)C1. The van der Waals surface area contributed by atoms with Crippen LogP contribution in [0.5, 0.6) is 0 Å². The highest BCUT2D eigenvalue weighted by Crippen LogP contribution is 2.50. The first-order valence-electron chi connectivity index (χ1n) is 10.4. The molecular weight excluding hydrogens is 335 g/mol. The molecule has 2 nitrogen and oxygen atoms in total. The second-order valence-corrected chi connectivity index (χ2v) is 8.41. The molecule has 0 spiro atoms. The Balaban J connectivity index is 1.71. The van der Waals surface area contributed by atoms with E-state index in [9.17, 15) is 4.39 Å². The Hall–Kier alpha value is -1.71. The predicted molar refractivity (Wildman–Crippen MR) is 109 cm³/mol. The van der Waals surface area contributed by atoms with Gasteiger partial charge >= 0.3 is 0 Å². The predicted octanol–water partition coefficient (Wildman–Crippen LogP) is 5.20. The normalized spacial score (nSPS) is 27.1. The zero-order valence-corrected chi connectivity index (χ0v) is 16.5. The van der Waals surface area contributed by atoms with Gasteiger partial charge in [0, 0.05) is 11.1 Å². The summed E-state index contributed by atoms with van der Waals surface area (Å²) >= 11 is 0. The smallest absolute Gasteiger partial charge is 0.123 e. The van der Waals surface area contributed by atoms with E-state index in [-0.39, 0.29) is 16.9 Å². The Kier molecular flexibility index (Phi) is 5.09. The van der Waals surface area contributed by atoms with Crippen LogP contribution in [0.3, 0.4) is 0 Å². The third-order valence-corrected chi connectivity index (χ3v) is 7.22. The lowest BCUT2D eigenvalue weighted by molar-refractivity contribution is 0.356. The minimum atomic E-state index is -0.111. The summed E-state index contributed by atoms with van der Waals surface area (Å²) in [7, 11) is 4.13. The molecule has 0 saturated heterocycles. The zero-order valence-electron chi connectivity index (χ0n) is 16.5. The van der Waals surface area contributed by atoms with Gasteiger partial charge in [-0.2, -0.15) is 0 Å². The summed E-state index contributed by atoms with van der Waals surface area (Å²) in [6, 6.07) is 16.2. The van der Waals surface area contributed by atoms with Crippen molar-refractivity contribution in [2.24, 2.45) is 0 Å². The summed E-state index contributed by atoms with van der Waals surface area (Å²) < 4.78 is 14.3. The lowest BCUT2D eigenvalue weighted by Crippen LogP contribution is -2.39. The van der Waals surface area contributed by atoms with Gasteiger partial charge in [0.25, 0.3) is 0 Å². The standard InChI is InChI=1S/C24H31FN2/c1-26-23(13-6-7-14-23)22-11-10-20(25)16-21(22)18-12-15-24(17-18,27-2)19-8-4-3-5-9-19/h3-5,8-11,16,18,26-27H,6-7,12-15,17H2,1-2H3. The average Bonchev–Trinajstić information content (AvgIpc) is 3.37. The highest BCUT2D eigenvalue weighted by atomic mass is 19.1. The molecule has 0 heterocycles. The van der Waals surface area contributed by atoms with Crippen LogP contribution in [0, 0.1) is 5.82 Å². The fourth-order valence-corrected chi connectivity index (χ4v) is 5.64. The molecule has 27 heavy (non-hydrogen) atoms. The summed E-state index contributed by atoms with van der Waals surface area (Å²) in [4.78, 5) is 0. The minimum absolute atomic E-state index is 0.0146. The Morgan fingerprint density at radius 2 is 1.59 bits per heavy atom. The molecule has 0 aromatic heterocycles. The molecule has 2 aromatic rings. The van der Waals surface area contributed by atoms with Crippen molar-refractivity contribution >= 4 is 0 Å². The van der Waals surface area contributed by atoms with E-state index < -0.39 is 0 Å². The first-order valence-corrected chi connectivity index (χ1v) is 10.4. The molecule has 2 N–H and O–H groups in total. The number of benzene rings is 2. The molecule has 0 bridgehead atoms. The monoisotopic (exact) mass is 366 g/mol. The summed E-state index contributed by atoms with van der Waals surface area (Å²) in [5.74, 6) is 0.272. The van der Waals surface area contributed by atoms with Gasteiger partial charge in [-0.1, -0.05) is 49.2 Å². The number of rotatable bonds is 5. The molecule has 2 fully saturated rings. The van der Waals surface area contributed by atoms with Crippen molar-refractivity contribution in [1.29, 1.82) is 0 Å². The average molecular weight is 367 g/mol. The summed E-state index contributed by atoms with van der Waals surface area (Å²) in [5, 5.41) is 7.22. The molecule has 4 rings (SSSR count). The Labute approximate surface area is 162 Å². The van der Waals surface area contributed by atoms with Crippen LogP contribution in [0.2, 0.25) is 0 Å². The fourth-order valence-electron chi connectivity index (χ4n) is 5.64. The van der Waals surface area contributed by atoms with Gasteiger partial charge in [-0.05, 0) is 80.9 Å². The molecule has 2 aliphatic carbocycles. The molecular formula is C24H31FN2.